The Bertz CT molecular complexity index is 403. The Hall–Kier alpha value is -1.43. The van der Waals surface area contributed by atoms with Crippen molar-refractivity contribution in [2.75, 3.05) is 0 Å². The van der Waals surface area contributed by atoms with Crippen LogP contribution in [0.4, 0.5) is 0 Å². The van der Waals surface area contributed by atoms with Gasteiger partial charge in [0.05, 0.1) is 11.2 Å². The monoisotopic (exact) mass is 256 g/mol. The molecule has 2 N–H and O–H groups in total. The normalized spacial score (nSPS) is 12.1. The Balaban J connectivity index is 2.60. The maximum absolute atomic E-state index is 11.7. The highest BCUT2D eigenvalue weighted by atomic mass is 32.1. The van der Waals surface area contributed by atoms with Crippen molar-refractivity contribution in [1.82, 2.24) is 10.3 Å². The summed E-state index contributed by atoms with van der Waals surface area (Å²) < 4.78 is 0. The zero-order valence-electron chi connectivity index (χ0n) is 9.90. The van der Waals surface area contributed by atoms with Crippen molar-refractivity contribution in [3.8, 4) is 0 Å². The molecule has 0 bridgehead atoms. The molecule has 1 aromatic rings. The van der Waals surface area contributed by atoms with Gasteiger partial charge in [0.25, 0.3) is 5.91 Å². The number of carbonyl (C=O) groups excluding carboxylic acids is 1. The number of nitrogens with zero attached hydrogens (tertiary/aromatic N) is 1. The molecule has 0 saturated carbocycles. The Morgan fingerprint density at radius 3 is 2.76 bits per heavy atom. The van der Waals surface area contributed by atoms with Crippen LogP contribution in [0.2, 0.25) is 0 Å². The van der Waals surface area contributed by atoms with Gasteiger partial charge in [0.1, 0.15) is 10.9 Å². The predicted molar refractivity (Wildman–Crippen MR) is 65.3 cm³/mol. The summed E-state index contributed by atoms with van der Waals surface area (Å²) in [5.41, 5.74) is 0. The molecule has 1 rings (SSSR count). The van der Waals surface area contributed by atoms with Crippen LogP contribution in [-0.2, 0) is 4.79 Å². The number of hydrogen-bond acceptors (Lipinski definition) is 4. The molecular formula is C11H16N2O3S. The first-order valence-corrected chi connectivity index (χ1v) is 6.32. The zero-order valence-corrected chi connectivity index (χ0v) is 10.7. The molecule has 94 valence electrons. The molecular weight excluding hydrogens is 240 g/mol. The van der Waals surface area contributed by atoms with Crippen LogP contribution >= 0.6 is 11.3 Å². The minimum atomic E-state index is -0.993. The number of amides is 1. The van der Waals surface area contributed by atoms with Crippen LogP contribution in [0.1, 0.15) is 40.9 Å². The van der Waals surface area contributed by atoms with Crippen molar-refractivity contribution in [2.24, 2.45) is 0 Å². The summed E-state index contributed by atoms with van der Waals surface area (Å²) >= 11 is 1.26. The van der Waals surface area contributed by atoms with E-state index in [0.717, 1.165) is 17.8 Å². The first-order chi connectivity index (χ1) is 8.04. The number of nitrogens with one attached hydrogen (secondary N) is 1. The molecule has 0 spiro atoms. The number of carboxylic acid groups (broad SMARTS) is 1. The molecule has 0 aliphatic heterocycles. The smallest absolute Gasteiger partial charge is 0.326 e. The fraction of sp³-hybridized carbons (Fsp3) is 0.545. The molecule has 5 nitrogen and oxygen atoms in total. The van der Waals surface area contributed by atoms with Gasteiger partial charge in [0.2, 0.25) is 0 Å². The summed E-state index contributed by atoms with van der Waals surface area (Å²) in [6.07, 6.45) is 3.60. The van der Waals surface area contributed by atoms with E-state index in [9.17, 15) is 9.59 Å². The number of carbonyl (C=O) groups is 2. The molecule has 0 radical (unpaired) electrons. The maximum Gasteiger partial charge on any atom is 0.326 e. The van der Waals surface area contributed by atoms with E-state index in [2.05, 4.69) is 10.3 Å². The molecule has 0 aliphatic rings. The lowest BCUT2D eigenvalue weighted by atomic mass is 10.1. The number of aryl methyl sites for hydroxylation is 1. The molecule has 6 heteroatoms. The van der Waals surface area contributed by atoms with Gasteiger partial charge in [-0.15, -0.1) is 11.3 Å². The molecule has 0 fully saturated rings. The zero-order chi connectivity index (χ0) is 12.8. The summed E-state index contributed by atoms with van der Waals surface area (Å²) in [6, 6.07) is -0.815. The van der Waals surface area contributed by atoms with Crippen LogP contribution in [0.3, 0.4) is 0 Å². The Morgan fingerprint density at radius 2 is 2.29 bits per heavy atom. The van der Waals surface area contributed by atoms with Crippen molar-refractivity contribution >= 4 is 23.2 Å². The third kappa shape index (κ3) is 4.14. The number of rotatable bonds is 6. The lowest BCUT2D eigenvalue weighted by Crippen LogP contribution is -2.40. The van der Waals surface area contributed by atoms with Gasteiger partial charge in [-0.05, 0) is 13.3 Å². The standard InChI is InChI=1S/C11H16N2O3S/c1-3-4-5-8(11(15)16)13-10(14)9-6-12-7(2)17-9/h6,8H,3-5H2,1-2H3,(H,13,14)(H,15,16)/t8-/m0/s1. The lowest BCUT2D eigenvalue weighted by Gasteiger charge is -2.12. The fourth-order valence-electron chi connectivity index (χ4n) is 1.36. The van der Waals surface area contributed by atoms with Gasteiger partial charge in [-0.25, -0.2) is 9.78 Å². The topological polar surface area (TPSA) is 79.3 Å². The molecule has 0 saturated heterocycles. The van der Waals surface area contributed by atoms with Crippen molar-refractivity contribution in [3.63, 3.8) is 0 Å². The molecule has 1 heterocycles. The number of hydrogen-bond donors (Lipinski definition) is 2. The highest BCUT2D eigenvalue weighted by Gasteiger charge is 2.20. The van der Waals surface area contributed by atoms with E-state index in [4.69, 9.17) is 5.11 Å². The van der Waals surface area contributed by atoms with E-state index in [-0.39, 0.29) is 5.91 Å². The van der Waals surface area contributed by atoms with Crippen molar-refractivity contribution in [3.05, 3.63) is 16.1 Å². The summed E-state index contributed by atoms with van der Waals surface area (Å²) in [5.74, 6) is -1.35. The first kappa shape index (κ1) is 13.6. The fourth-order valence-corrected chi connectivity index (χ4v) is 2.04. The van der Waals surface area contributed by atoms with E-state index >= 15 is 0 Å². The molecule has 1 aromatic heterocycles. The second-order valence-corrected chi connectivity index (χ2v) is 4.98. The maximum atomic E-state index is 11.7. The summed E-state index contributed by atoms with van der Waals surface area (Å²) in [6.45, 7) is 3.78. The Labute approximate surface area is 104 Å². The van der Waals surface area contributed by atoms with Gasteiger partial charge in [-0.1, -0.05) is 19.8 Å². The van der Waals surface area contributed by atoms with E-state index in [1.807, 2.05) is 6.92 Å². The van der Waals surface area contributed by atoms with E-state index in [1.165, 1.54) is 17.5 Å². The number of unbranched alkanes of at least 4 members (excludes halogenated alkanes) is 1. The molecule has 0 aromatic carbocycles. The second-order valence-electron chi connectivity index (χ2n) is 3.75. The van der Waals surface area contributed by atoms with Gasteiger partial charge in [-0.3, -0.25) is 4.79 Å². The summed E-state index contributed by atoms with van der Waals surface area (Å²) in [5, 5.41) is 12.3. The highest BCUT2D eigenvalue weighted by molar-refractivity contribution is 7.13. The van der Waals surface area contributed by atoms with Gasteiger partial charge in [-0.2, -0.15) is 0 Å². The highest BCUT2D eigenvalue weighted by Crippen LogP contribution is 2.12. The van der Waals surface area contributed by atoms with E-state index < -0.39 is 12.0 Å². The first-order valence-electron chi connectivity index (χ1n) is 5.50. The van der Waals surface area contributed by atoms with Gasteiger partial charge >= 0.3 is 5.97 Å². The molecule has 0 aliphatic carbocycles. The lowest BCUT2D eigenvalue weighted by molar-refractivity contribution is -0.139. The van der Waals surface area contributed by atoms with Crippen LogP contribution in [0.25, 0.3) is 0 Å². The Kier molecular flexibility index (Phi) is 5.09. The minimum Gasteiger partial charge on any atom is -0.480 e. The average molecular weight is 256 g/mol. The molecule has 0 unspecified atom stereocenters. The largest absolute Gasteiger partial charge is 0.480 e. The predicted octanol–water partition coefficient (Wildman–Crippen LogP) is 1.82. The second kappa shape index (κ2) is 6.34. The quantitative estimate of drug-likeness (QED) is 0.813. The van der Waals surface area contributed by atoms with E-state index in [0.29, 0.717) is 11.3 Å². The van der Waals surface area contributed by atoms with Gasteiger partial charge < -0.3 is 10.4 Å². The van der Waals surface area contributed by atoms with Crippen LogP contribution in [0.15, 0.2) is 6.20 Å². The van der Waals surface area contributed by atoms with Crippen LogP contribution < -0.4 is 5.32 Å². The van der Waals surface area contributed by atoms with Crippen molar-refractivity contribution < 1.29 is 14.7 Å². The third-order valence-electron chi connectivity index (χ3n) is 2.29. The number of aliphatic carboxylic acids is 1. The number of carboxylic acids is 1. The van der Waals surface area contributed by atoms with Crippen LogP contribution in [0, 0.1) is 6.92 Å². The Morgan fingerprint density at radius 1 is 1.59 bits per heavy atom. The summed E-state index contributed by atoms with van der Waals surface area (Å²) in [7, 11) is 0. The summed E-state index contributed by atoms with van der Waals surface area (Å²) in [4.78, 5) is 27.1. The molecule has 17 heavy (non-hydrogen) atoms. The van der Waals surface area contributed by atoms with Crippen LogP contribution in [-0.4, -0.2) is 28.0 Å². The molecule has 1 atom stereocenters. The van der Waals surface area contributed by atoms with E-state index in [1.54, 1.807) is 6.92 Å². The van der Waals surface area contributed by atoms with Crippen LogP contribution in [0.5, 0.6) is 0 Å². The SMILES string of the molecule is CCCC[C@H](NC(=O)c1cnc(C)s1)C(=O)O. The molecule has 1 amide bonds. The van der Waals surface area contributed by atoms with Gasteiger partial charge in [0.15, 0.2) is 0 Å². The average Bonchev–Trinajstić information content (AvgIpc) is 2.70. The number of thiazole rings is 1. The van der Waals surface area contributed by atoms with Gasteiger partial charge in [0, 0.05) is 0 Å². The minimum absolute atomic E-state index is 0.362. The van der Waals surface area contributed by atoms with Crippen molar-refractivity contribution in [1.29, 1.82) is 0 Å². The number of aromatic nitrogens is 1. The third-order valence-corrected chi connectivity index (χ3v) is 3.21. The van der Waals surface area contributed by atoms with Crippen molar-refractivity contribution in [2.45, 2.75) is 39.2 Å².